The van der Waals surface area contributed by atoms with Crippen molar-refractivity contribution in [1.82, 2.24) is 0 Å². The van der Waals surface area contributed by atoms with Crippen LogP contribution in [-0.2, 0) is 9.47 Å². The summed E-state index contributed by atoms with van der Waals surface area (Å²) >= 11 is 0. The second-order valence-electron chi connectivity index (χ2n) is 10.9. The molecule has 8 atom stereocenters. The van der Waals surface area contributed by atoms with E-state index < -0.39 is 0 Å². The van der Waals surface area contributed by atoms with Gasteiger partial charge in [-0.2, -0.15) is 0 Å². The number of ether oxygens (including phenoxy) is 2. The van der Waals surface area contributed by atoms with Gasteiger partial charge in [-0.1, -0.05) is 76.7 Å². The van der Waals surface area contributed by atoms with Gasteiger partial charge in [-0.15, -0.1) is 0 Å². The van der Waals surface area contributed by atoms with Crippen LogP contribution in [0.15, 0.2) is 0 Å². The Labute approximate surface area is 186 Å². The molecule has 0 saturated carbocycles. The fourth-order valence-corrected chi connectivity index (χ4v) is 5.37. The van der Waals surface area contributed by atoms with Crippen LogP contribution in [0.3, 0.4) is 0 Å². The van der Waals surface area contributed by atoms with E-state index in [9.17, 15) is 0 Å². The first kappa shape index (κ1) is 29.0. The molecule has 0 unspecified atom stereocenters. The van der Waals surface area contributed by atoms with Gasteiger partial charge in [-0.25, -0.2) is 0 Å². The first-order chi connectivity index (χ1) is 12.9. The number of hydrogen-bond acceptors (Lipinski definition) is 2. The minimum atomic E-state index is -0.0499. The van der Waals surface area contributed by atoms with Crippen molar-refractivity contribution in [2.45, 2.75) is 114 Å². The van der Waals surface area contributed by atoms with Crippen LogP contribution in [0.1, 0.15) is 89.5 Å². The molecule has 2 heterocycles. The highest BCUT2D eigenvalue weighted by molar-refractivity contribution is 6.11. The smallest absolute Gasteiger partial charge is 0.109 e. The van der Waals surface area contributed by atoms with E-state index in [2.05, 4.69) is 69.2 Å². The molecular weight excluding hydrogens is 354 g/mol. The number of hydrogen-bond donors (Lipinski definition) is 0. The Morgan fingerprint density at radius 2 is 1.03 bits per heavy atom. The van der Waals surface area contributed by atoms with Gasteiger partial charge < -0.3 is 9.47 Å². The molecule has 2 rings (SSSR count). The molecule has 2 fully saturated rings. The first-order valence-electron chi connectivity index (χ1n) is 11.7. The summed E-state index contributed by atoms with van der Waals surface area (Å²) in [6.45, 7) is 22.5. The highest BCUT2D eigenvalue weighted by atomic mass is 16.5. The van der Waals surface area contributed by atoms with Gasteiger partial charge in [0.05, 0.1) is 12.2 Å². The van der Waals surface area contributed by atoms with Crippen LogP contribution in [0.25, 0.3) is 0 Å². The Morgan fingerprint density at radius 3 is 1.41 bits per heavy atom. The average Bonchev–Trinajstić information content (AvgIpc) is 2.95. The van der Waals surface area contributed by atoms with Crippen molar-refractivity contribution in [1.29, 1.82) is 0 Å². The van der Waals surface area contributed by atoms with E-state index in [1.54, 1.807) is 0 Å². The van der Waals surface area contributed by atoms with Gasteiger partial charge in [-0.05, 0) is 60.2 Å². The van der Waals surface area contributed by atoms with Crippen LogP contribution >= 0.6 is 0 Å². The zero-order valence-electron chi connectivity index (χ0n) is 20.3. The molecule has 0 aromatic heterocycles. The predicted molar refractivity (Wildman–Crippen MR) is 129 cm³/mol. The van der Waals surface area contributed by atoms with Crippen LogP contribution in [0, 0.1) is 47.3 Å². The molecule has 2 saturated heterocycles. The third-order valence-electron chi connectivity index (χ3n) is 6.74. The van der Waals surface area contributed by atoms with E-state index in [-0.39, 0.29) is 19.4 Å². The SMILES string of the molecule is C.[B][C@@H]1O[C@H](CC(C)C)[C@@H](C(C)C)[C@H]1C.[B][C@@H]1O[C@H](CC(C)C)[C@@H](C)[C@H]1C(C)C. The summed E-state index contributed by atoms with van der Waals surface area (Å²) in [6.07, 6.45) is 3.02. The topological polar surface area (TPSA) is 18.5 Å². The summed E-state index contributed by atoms with van der Waals surface area (Å²) in [7, 11) is 12.0. The molecule has 2 aliphatic heterocycles. The lowest BCUT2D eigenvalue weighted by Crippen LogP contribution is -2.26. The highest BCUT2D eigenvalue weighted by Crippen LogP contribution is 2.39. The highest BCUT2D eigenvalue weighted by Gasteiger charge is 2.41. The first-order valence-corrected chi connectivity index (χ1v) is 11.7. The second kappa shape index (κ2) is 12.8. The zero-order chi connectivity index (χ0) is 21.8. The molecule has 0 bridgehead atoms. The van der Waals surface area contributed by atoms with Crippen molar-refractivity contribution in [3.05, 3.63) is 0 Å². The van der Waals surface area contributed by atoms with E-state index in [1.807, 2.05) is 0 Å². The lowest BCUT2D eigenvalue weighted by molar-refractivity contribution is 0.0471. The standard InChI is InChI=1S/2C12H23BO.CH4/c1-7(2)6-10-11(8(3)4)9(5)12(13)14-10;1-7(2)6-10-9(5)11(8(3)4)12(13)14-10;/h2*7-12H,6H2,1-5H3;1H4/t9-,10-,11+,12-;9-,10-,11-,12-;/m11./s1. The van der Waals surface area contributed by atoms with Crippen molar-refractivity contribution in [3.8, 4) is 0 Å². The van der Waals surface area contributed by atoms with Crippen LogP contribution in [0.5, 0.6) is 0 Å². The maximum absolute atomic E-state index is 6.01. The van der Waals surface area contributed by atoms with E-state index >= 15 is 0 Å². The zero-order valence-corrected chi connectivity index (χ0v) is 20.3. The van der Waals surface area contributed by atoms with Crippen molar-refractivity contribution in [3.63, 3.8) is 0 Å². The third kappa shape index (κ3) is 8.24. The minimum absolute atomic E-state index is 0. The molecule has 2 aliphatic rings. The molecule has 4 heteroatoms. The molecule has 0 aromatic rings. The summed E-state index contributed by atoms with van der Waals surface area (Å²) < 4.78 is 11.7. The van der Waals surface area contributed by atoms with Crippen LogP contribution in [0.4, 0.5) is 0 Å². The lowest BCUT2D eigenvalue weighted by atomic mass is 9.73. The molecule has 0 aliphatic carbocycles. The summed E-state index contributed by atoms with van der Waals surface area (Å²) in [5, 5.41) is 0. The molecule has 0 amide bonds. The van der Waals surface area contributed by atoms with E-state index in [4.69, 9.17) is 25.2 Å². The Morgan fingerprint density at radius 1 is 0.621 bits per heavy atom. The molecule has 0 spiro atoms. The lowest BCUT2D eigenvalue weighted by Gasteiger charge is -2.26. The maximum Gasteiger partial charge on any atom is 0.109 e. The largest absolute Gasteiger partial charge is 0.384 e. The Kier molecular flexibility index (Phi) is 12.8. The van der Waals surface area contributed by atoms with Gasteiger partial charge in [0.2, 0.25) is 0 Å². The molecule has 0 aromatic carbocycles. The second-order valence-corrected chi connectivity index (χ2v) is 10.9. The van der Waals surface area contributed by atoms with Crippen molar-refractivity contribution >= 4 is 15.7 Å². The van der Waals surface area contributed by atoms with Gasteiger partial charge in [0, 0.05) is 12.0 Å². The monoisotopic (exact) mass is 404 g/mol. The summed E-state index contributed by atoms with van der Waals surface area (Å²) in [5.41, 5.74) is 0. The Hall–Kier alpha value is 0.0499. The fraction of sp³-hybridized carbons (Fsp3) is 1.00. The van der Waals surface area contributed by atoms with Gasteiger partial charge >= 0.3 is 0 Å². The van der Waals surface area contributed by atoms with Gasteiger partial charge in [0.25, 0.3) is 0 Å². The maximum atomic E-state index is 6.01. The molecule has 29 heavy (non-hydrogen) atoms. The normalized spacial score (nSPS) is 37.2. The van der Waals surface area contributed by atoms with Crippen LogP contribution < -0.4 is 0 Å². The molecule has 0 N–H and O–H groups in total. The van der Waals surface area contributed by atoms with Gasteiger partial charge in [0.1, 0.15) is 15.7 Å². The quantitative estimate of drug-likeness (QED) is 0.484. The van der Waals surface area contributed by atoms with Gasteiger partial charge in [-0.3, -0.25) is 0 Å². The molecule has 2 nitrogen and oxygen atoms in total. The Balaban J connectivity index is 0.000000523. The minimum Gasteiger partial charge on any atom is -0.384 e. The summed E-state index contributed by atoms with van der Waals surface area (Å²) in [5.74, 6) is 4.94. The van der Waals surface area contributed by atoms with E-state index in [0.717, 1.165) is 12.8 Å². The summed E-state index contributed by atoms with van der Waals surface area (Å²) in [4.78, 5) is 0. The van der Waals surface area contributed by atoms with Crippen LogP contribution in [-0.4, -0.2) is 39.9 Å². The van der Waals surface area contributed by atoms with Gasteiger partial charge in [0.15, 0.2) is 0 Å². The molecule has 4 radical (unpaired) electrons. The fourth-order valence-electron chi connectivity index (χ4n) is 5.37. The third-order valence-corrected chi connectivity index (χ3v) is 6.74. The van der Waals surface area contributed by atoms with E-state index in [0.29, 0.717) is 59.6 Å². The summed E-state index contributed by atoms with van der Waals surface area (Å²) in [6, 6.07) is -0.0973. The average molecular weight is 404 g/mol. The predicted octanol–water partition coefficient (Wildman–Crippen LogP) is 6.30. The van der Waals surface area contributed by atoms with Crippen molar-refractivity contribution in [2.75, 3.05) is 0 Å². The van der Waals surface area contributed by atoms with E-state index in [1.165, 1.54) is 0 Å². The van der Waals surface area contributed by atoms with Crippen molar-refractivity contribution in [2.24, 2.45) is 47.3 Å². The van der Waals surface area contributed by atoms with Crippen molar-refractivity contribution < 1.29 is 9.47 Å². The Bertz CT molecular complexity index is 437. The van der Waals surface area contributed by atoms with Crippen LogP contribution in [0.2, 0.25) is 0 Å². The molecule has 168 valence electrons. The number of rotatable bonds is 6. The molecular formula is C25H50B2O2.